The number of nitrogens with one attached hydrogen (secondary N) is 1. The lowest BCUT2D eigenvalue weighted by atomic mass is 9.86. The molecule has 0 saturated carbocycles. The third kappa shape index (κ3) is 3.48. The van der Waals surface area contributed by atoms with E-state index in [1.807, 2.05) is 24.3 Å². The van der Waals surface area contributed by atoms with Gasteiger partial charge in [0.25, 0.3) is 0 Å². The zero-order chi connectivity index (χ0) is 14.4. The van der Waals surface area contributed by atoms with Gasteiger partial charge in [-0.25, -0.2) is 4.39 Å². The van der Waals surface area contributed by atoms with E-state index in [0.29, 0.717) is 6.54 Å². The quantitative estimate of drug-likeness (QED) is 0.804. The van der Waals surface area contributed by atoms with Crippen molar-refractivity contribution < 1.29 is 13.9 Å². The molecule has 1 aromatic rings. The summed E-state index contributed by atoms with van der Waals surface area (Å²) in [5.74, 6) is 0.997. The lowest BCUT2D eigenvalue weighted by Crippen LogP contribution is -2.48. The minimum absolute atomic E-state index is 0.108. The number of methoxy groups -OCH3 is 1. The van der Waals surface area contributed by atoms with Crippen LogP contribution in [0.4, 0.5) is 4.39 Å². The Morgan fingerprint density at radius 1 is 1.45 bits per heavy atom. The number of carbonyl (C=O) groups excluding carboxylic acids is 1. The molecule has 5 heteroatoms. The van der Waals surface area contributed by atoms with Crippen molar-refractivity contribution in [1.82, 2.24) is 10.2 Å². The van der Waals surface area contributed by atoms with Gasteiger partial charge in [-0.1, -0.05) is 12.1 Å². The number of hydrogen-bond acceptors (Lipinski definition) is 3. The molecule has 1 saturated heterocycles. The number of rotatable bonds is 6. The first-order valence-electron chi connectivity index (χ1n) is 6.90. The fourth-order valence-electron chi connectivity index (χ4n) is 2.82. The fourth-order valence-corrected chi connectivity index (χ4v) is 2.82. The highest BCUT2D eigenvalue weighted by atomic mass is 19.1. The summed E-state index contributed by atoms with van der Waals surface area (Å²) in [6.07, 6.45) is 1.60. The normalized spacial score (nSPS) is 23.3. The molecule has 0 aliphatic carbocycles. The summed E-state index contributed by atoms with van der Waals surface area (Å²) in [5.41, 5.74) is 1.15. The van der Waals surface area contributed by atoms with Crippen LogP contribution >= 0.6 is 0 Å². The molecule has 1 aromatic carbocycles. The first-order chi connectivity index (χ1) is 9.78. The van der Waals surface area contributed by atoms with Crippen LogP contribution < -0.4 is 10.1 Å². The van der Waals surface area contributed by atoms with Gasteiger partial charge in [-0.05, 0) is 24.1 Å². The van der Waals surface area contributed by atoms with E-state index in [1.165, 1.54) is 0 Å². The van der Waals surface area contributed by atoms with Crippen LogP contribution in [0.25, 0.3) is 0 Å². The van der Waals surface area contributed by atoms with Gasteiger partial charge in [0.15, 0.2) is 0 Å². The largest absolute Gasteiger partial charge is 0.497 e. The lowest BCUT2D eigenvalue weighted by Gasteiger charge is -2.38. The third-order valence-corrected chi connectivity index (χ3v) is 3.92. The van der Waals surface area contributed by atoms with E-state index in [0.717, 1.165) is 37.2 Å². The van der Waals surface area contributed by atoms with E-state index >= 15 is 0 Å². The van der Waals surface area contributed by atoms with E-state index < -0.39 is 0 Å². The van der Waals surface area contributed by atoms with Crippen LogP contribution in [0.3, 0.4) is 0 Å². The molecule has 0 radical (unpaired) electrons. The maximum absolute atomic E-state index is 12.5. The van der Waals surface area contributed by atoms with Crippen LogP contribution in [0.15, 0.2) is 24.3 Å². The molecule has 1 heterocycles. The van der Waals surface area contributed by atoms with Crippen molar-refractivity contribution in [3.05, 3.63) is 29.8 Å². The molecule has 1 aliphatic heterocycles. The average molecular weight is 280 g/mol. The van der Waals surface area contributed by atoms with Crippen molar-refractivity contribution in [2.24, 2.45) is 0 Å². The topological polar surface area (TPSA) is 41.6 Å². The van der Waals surface area contributed by atoms with Crippen molar-refractivity contribution in [2.45, 2.75) is 18.4 Å². The third-order valence-electron chi connectivity index (χ3n) is 3.92. The van der Waals surface area contributed by atoms with Gasteiger partial charge in [0.05, 0.1) is 7.11 Å². The Labute approximate surface area is 118 Å². The van der Waals surface area contributed by atoms with E-state index in [-0.39, 0.29) is 18.6 Å². The fraction of sp³-hybridized carbons (Fsp3) is 0.533. The van der Waals surface area contributed by atoms with Gasteiger partial charge in [0.1, 0.15) is 12.4 Å². The van der Waals surface area contributed by atoms with Crippen molar-refractivity contribution >= 4 is 6.41 Å². The Balaban J connectivity index is 2.14. The Kier molecular flexibility index (Phi) is 5.35. The van der Waals surface area contributed by atoms with Gasteiger partial charge in [-0.15, -0.1) is 0 Å². The number of nitrogens with zero attached hydrogens (tertiary/aromatic N) is 1. The lowest BCUT2D eigenvalue weighted by molar-refractivity contribution is -0.110. The Hall–Kier alpha value is -1.62. The molecule has 2 unspecified atom stereocenters. The molecule has 1 amide bonds. The highest BCUT2D eigenvalue weighted by Gasteiger charge is 2.29. The second-order valence-electron chi connectivity index (χ2n) is 5.05. The number of halogens is 1. The number of piperidine rings is 1. The molecular formula is C15H21FN2O2. The summed E-state index contributed by atoms with van der Waals surface area (Å²) in [6.45, 7) is 1.71. The van der Waals surface area contributed by atoms with E-state index in [1.54, 1.807) is 7.11 Å². The number of amides is 1. The first-order valence-corrected chi connectivity index (χ1v) is 6.90. The summed E-state index contributed by atoms with van der Waals surface area (Å²) in [4.78, 5) is 12.9. The molecular weight excluding hydrogens is 259 g/mol. The zero-order valence-corrected chi connectivity index (χ0v) is 11.7. The van der Waals surface area contributed by atoms with Crippen LogP contribution in [0.2, 0.25) is 0 Å². The number of hydrogen-bond donors (Lipinski definition) is 1. The minimum atomic E-state index is -0.332. The second-order valence-corrected chi connectivity index (χ2v) is 5.05. The van der Waals surface area contributed by atoms with Gasteiger partial charge < -0.3 is 10.1 Å². The molecule has 1 N–H and O–H groups in total. The Morgan fingerprint density at radius 3 is 2.80 bits per heavy atom. The molecule has 2 rings (SSSR count). The molecule has 1 fully saturated rings. The summed E-state index contributed by atoms with van der Waals surface area (Å²) in [6, 6.07) is 7.98. The van der Waals surface area contributed by atoms with Gasteiger partial charge >= 0.3 is 0 Å². The van der Waals surface area contributed by atoms with E-state index in [2.05, 4.69) is 10.2 Å². The summed E-state index contributed by atoms with van der Waals surface area (Å²) in [7, 11) is 1.63. The zero-order valence-electron chi connectivity index (χ0n) is 11.7. The van der Waals surface area contributed by atoms with Crippen LogP contribution in [0, 0.1) is 0 Å². The predicted molar refractivity (Wildman–Crippen MR) is 75.8 cm³/mol. The smallest absolute Gasteiger partial charge is 0.207 e. The first kappa shape index (κ1) is 14.8. The van der Waals surface area contributed by atoms with Crippen LogP contribution in [0.5, 0.6) is 5.75 Å². The number of ether oxygens (including phenoxy) is 1. The van der Waals surface area contributed by atoms with Crippen LogP contribution in [-0.4, -0.2) is 50.8 Å². The monoisotopic (exact) mass is 280 g/mol. The average Bonchev–Trinajstić information content (AvgIpc) is 2.49. The predicted octanol–water partition coefficient (Wildman–Crippen LogP) is 1.57. The number of carbonyl (C=O) groups is 1. The molecule has 1 aliphatic rings. The molecule has 4 nitrogen and oxygen atoms in total. The minimum Gasteiger partial charge on any atom is -0.497 e. The Bertz CT molecular complexity index is 424. The van der Waals surface area contributed by atoms with Crippen molar-refractivity contribution in [1.29, 1.82) is 0 Å². The van der Waals surface area contributed by atoms with Crippen molar-refractivity contribution in [2.75, 3.05) is 33.4 Å². The SMILES string of the molecule is COc1ccc(C2CN(CCF)CCC2NC=O)cc1. The van der Waals surface area contributed by atoms with Gasteiger partial charge in [0.2, 0.25) is 6.41 Å². The highest BCUT2D eigenvalue weighted by Crippen LogP contribution is 2.28. The van der Waals surface area contributed by atoms with Crippen LogP contribution in [-0.2, 0) is 4.79 Å². The van der Waals surface area contributed by atoms with Gasteiger partial charge in [0, 0.05) is 31.6 Å². The number of benzene rings is 1. The summed E-state index contributed by atoms with van der Waals surface area (Å²) < 4.78 is 17.7. The van der Waals surface area contributed by atoms with E-state index in [4.69, 9.17) is 4.74 Å². The maximum Gasteiger partial charge on any atom is 0.207 e. The van der Waals surface area contributed by atoms with Crippen molar-refractivity contribution in [3.8, 4) is 5.75 Å². The van der Waals surface area contributed by atoms with Crippen molar-refractivity contribution in [3.63, 3.8) is 0 Å². The Morgan fingerprint density at radius 2 is 2.20 bits per heavy atom. The maximum atomic E-state index is 12.5. The molecule has 2 atom stereocenters. The van der Waals surface area contributed by atoms with E-state index in [9.17, 15) is 9.18 Å². The second kappa shape index (κ2) is 7.24. The molecule has 20 heavy (non-hydrogen) atoms. The molecule has 0 spiro atoms. The number of alkyl halides is 1. The molecule has 0 aromatic heterocycles. The number of likely N-dealkylation sites (tertiary alicyclic amines) is 1. The summed E-state index contributed by atoms with van der Waals surface area (Å²) in [5, 5.41) is 2.89. The highest BCUT2D eigenvalue weighted by molar-refractivity contribution is 5.47. The standard InChI is InChI=1S/C15H21FN2O2/c1-20-13-4-2-12(3-5-13)14-10-18(9-7-16)8-6-15(14)17-11-19/h2-5,11,14-15H,6-10H2,1H3,(H,17,19). The van der Waals surface area contributed by atoms with Crippen LogP contribution in [0.1, 0.15) is 17.9 Å². The molecule has 0 bridgehead atoms. The van der Waals surface area contributed by atoms with Gasteiger partial charge in [-0.3, -0.25) is 9.69 Å². The van der Waals surface area contributed by atoms with Gasteiger partial charge in [-0.2, -0.15) is 0 Å². The molecule has 110 valence electrons. The summed E-state index contributed by atoms with van der Waals surface area (Å²) >= 11 is 0.